The Labute approximate surface area is 154 Å². The lowest BCUT2D eigenvalue weighted by Crippen LogP contribution is -2.24. The van der Waals surface area contributed by atoms with Crippen LogP contribution in [0.4, 0.5) is 15.8 Å². The molecule has 0 spiro atoms. The van der Waals surface area contributed by atoms with E-state index in [0.717, 1.165) is 31.0 Å². The zero-order chi connectivity index (χ0) is 19.6. The maximum atomic E-state index is 12.9. The van der Waals surface area contributed by atoms with Gasteiger partial charge in [0.1, 0.15) is 11.5 Å². The molecule has 1 atom stereocenters. The Kier molecular flexibility index (Phi) is 5.16. The molecule has 0 saturated heterocycles. The van der Waals surface area contributed by atoms with Gasteiger partial charge in [-0.15, -0.1) is 0 Å². The SMILES string of the molecule is C[C@H](OC(=O)c1ccc(NC2CC2)c([N+](=O)[O-])c1)C(=O)c1ccc(F)cc1. The molecule has 1 fully saturated rings. The molecule has 0 unspecified atom stereocenters. The fraction of sp³-hybridized carbons (Fsp3) is 0.263. The number of rotatable bonds is 7. The number of anilines is 1. The number of ether oxygens (including phenoxy) is 1. The van der Waals surface area contributed by atoms with E-state index in [2.05, 4.69) is 5.32 Å². The summed E-state index contributed by atoms with van der Waals surface area (Å²) >= 11 is 0. The van der Waals surface area contributed by atoms with Crippen molar-refractivity contribution in [3.05, 3.63) is 69.5 Å². The largest absolute Gasteiger partial charge is 0.451 e. The van der Waals surface area contributed by atoms with Gasteiger partial charge in [0.25, 0.3) is 5.69 Å². The summed E-state index contributed by atoms with van der Waals surface area (Å²) in [4.78, 5) is 35.2. The first kappa shape index (κ1) is 18.5. The van der Waals surface area contributed by atoms with E-state index >= 15 is 0 Å². The Morgan fingerprint density at radius 3 is 2.41 bits per heavy atom. The van der Waals surface area contributed by atoms with Gasteiger partial charge in [0.05, 0.1) is 10.5 Å². The highest BCUT2D eigenvalue weighted by molar-refractivity contribution is 6.01. The summed E-state index contributed by atoms with van der Waals surface area (Å²) < 4.78 is 18.1. The van der Waals surface area contributed by atoms with Crippen molar-refractivity contribution in [3.8, 4) is 0 Å². The first-order valence-corrected chi connectivity index (χ1v) is 8.41. The van der Waals surface area contributed by atoms with E-state index < -0.39 is 28.6 Å². The minimum Gasteiger partial charge on any atom is -0.451 e. The fourth-order valence-electron chi connectivity index (χ4n) is 2.51. The molecule has 1 N–H and O–H groups in total. The van der Waals surface area contributed by atoms with Gasteiger partial charge in [-0.25, -0.2) is 9.18 Å². The van der Waals surface area contributed by atoms with Crippen molar-refractivity contribution in [2.75, 3.05) is 5.32 Å². The molecule has 1 aliphatic rings. The van der Waals surface area contributed by atoms with Crippen molar-refractivity contribution >= 4 is 23.1 Å². The van der Waals surface area contributed by atoms with Crippen LogP contribution >= 0.6 is 0 Å². The number of nitro groups is 1. The number of carbonyl (C=O) groups is 2. The monoisotopic (exact) mass is 372 g/mol. The van der Waals surface area contributed by atoms with Gasteiger partial charge in [-0.3, -0.25) is 14.9 Å². The van der Waals surface area contributed by atoms with Crippen LogP contribution < -0.4 is 5.32 Å². The average molecular weight is 372 g/mol. The summed E-state index contributed by atoms with van der Waals surface area (Å²) in [6.07, 6.45) is 0.778. The Balaban J connectivity index is 1.72. The highest BCUT2D eigenvalue weighted by Crippen LogP contribution is 2.31. The smallest absolute Gasteiger partial charge is 0.339 e. The van der Waals surface area contributed by atoms with Crippen LogP contribution in [-0.2, 0) is 4.74 Å². The van der Waals surface area contributed by atoms with E-state index in [4.69, 9.17) is 4.74 Å². The first-order chi connectivity index (χ1) is 12.8. The lowest BCUT2D eigenvalue weighted by atomic mass is 10.1. The number of benzene rings is 2. The summed E-state index contributed by atoms with van der Waals surface area (Å²) in [5.74, 6) is -1.83. The van der Waals surface area contributed by atoms with E-state index in [1.165, 1.54) is 31.2 Å². The summed E-state index contributed by atoms with van der Waals surface area (Å²) in [6, 6.07) is 9.08. The molecule has 2 aromatic carbocycles. The molecule has 1 aliphatic carbocycles. The molecule has 1 saturated carbocycles. The maximum Gasteiger partial charge on any atom is 0.339 e. The Hall–Kier alpha value is -3.29. The third-order valence-corrected chi connectivity index (χ3v) is 4.15. The van der Waals surface area contributed by atoms with Crippen molar-refractivity contribution < 1.29 is 23.6 Å². The highest BCUT2D eigenvalue weighted by Gasteiger charge is 2.27. The molecule has 2 aromatic rings. The number of ketones is 1. The van der Waals surface area contributed by atoms with E-state index in [-0.39, 0.29) is 22.9 Å². The number of carbonyl (C=O) groups excluding carboxylic acids is 2. The van der Waals surface area contributed by atoms with E-state index in [1.807, 2.05) is 0 Å². The number of nitro benzene ring substituents is 1. The van der Waals surface area contributed by atoms with Crippen molar-refractivity contribution in [1.82, 2.24) is 0 Å². The van der Waals surface area contributed by atoms with Crippen LogP contribution in [0.1, 0.15) is 40.5 Å². The van der Waals surface area contributed by atoms with Crippen molar-refractivity contribution in [2.45, 2.75) is 31.9 Å². The molecule has 0 heterocycles. The molecule has 8 heteroatoms. The van der Waals surface area contributed by atoms with Gasteiger partial charge in [0.15, 0.2) is 6.10 Å². The highest BCUT2D eigenvalue weighted by atomic mass is 19.1. The van der Waals surface area contributed by atoms with Crippen LogP contribution in [-0.4, -0.2) is 28.8 Å². The molecule has 0 amide bonds. The topological polar surface area (TPSA) is 98.5 Å². The van der Waals surface area contributed by atoms with Gasteiger partial charge >= 0.3 is 5.97 Å². The molecule has 0 aliphatic heterocycles. The van der Waals surface area contributed by atoms with E-state index in [0.29, 0.717) is 5.69 Å². The van der Waals surface area contributed by atoms with E-state index in [1.54, 1.807) is 0 Å². The maximum absolute atomic E-state index is 12.9. The third kappa shape index (κ3) is 4.46. The van der Waals surface area contributed by atoms with Gasteiger partial charge in [0.2, 0.25) is 5.78 Å². The van der Waals surface area contributed by atoms with Gasteiger partial charge in [-0.05, 0) is 56.2 Å². The minimum absolute atomic E-state index is 0.0261. The number of halogens is 1. The zero-order valence-corrected chi connectivity index (χ0v) is 14.5. The predicted molar refractivity (Wildman–Crippen MR) is 95.3 cm³/mol. The number of Topliss-reactive ketones (excluding diaryl/α,β-unsaturated/α-hetero) is 1. The van der Waals surface area contributed by atoms with Gasteiger partial charge in [0, 0.05) is 17.7 Å². The molecule has 7 nitrogen and oxygen atoms in total. The lowest BCUT2D eigenvalue weighted by Gasteiger charge is -2.13. The van der Waals surface area contributed by atoms with Crippen LogP contribution in [0, 0.1) is 15.9 Å². The molecule has 27 heavy (non-hydrogen) atoms. The molecule has 0 bridgehead atoms. The second kappa shape index (κ2) is 7.53. The van der Waals surface area contributed by atoms with Gasteiger partial charge in [-0.1, -0.05) is 0 Å². The zero-order valence-electron chi connectivity index (χ0n) is 14.5. The van der Waals surface area contributed by atoms with Crippen molar-refractivity contribution in [1.29, 1.82) is 0 Å². The van der Waals surface area contributed by atoms with Gasteiger partial charge < -0.3 is 10.1 Å². The molecule has 140 valence electrons. The number of hydrogen-bond acceptors (Lipinski definition) is 6. The average Bonchev–Trinajstić information content (AvgIpc) is 3.45. The molecular weight excluding hydrogens is 355 g/mol. The van der Waals surface area contributed by atoms with E-state index in [9.17, 15) is 24.1 Å². The molecular formula is C19H17FN2O5. The lowest BCUT2D eigenvalue weighted by molar-refractivity contribution is -0.384. The number of hydrogen-bond donors (Lipinski definition) is 1. The Bertz CT molecular complexity index is 893. The summed E-state index contributed by atoms with van der Waals surface area (Å²) in [7, 11) is 0. The predicted octanol–water partition coefficient (Wildman–Crippen LogP) is 3.74. The van der Waals surface area contributed by atoms with Crippen molar-refractivity contribution in [2.24, 2.45) is 0 Å². The van der Waals surface area contributed by atoms with Crippen LogP contribution in [0.25, 0.3) is 0 Å². The molecule has 0 radical (unpaired) electrons. The summed E-state index contributed by atoms with van der Waals surface area (Å²) in [5, 5.41) is 14.3. The Morgan fingerprint density at radius 2 is 1.81 bits per heavy atom. The third-order valence-electron chi connectivity index (χ3n) is 4.15. The Morgan fingerprint density at radius 1 is 1.19 bits per heavy atom. The minimum atomic E-state index is -1.12. The number of nitrogens with zero attached hydrogens (tertiary/aromatic N) is 1. The second-order valence-corrected chi connectivity index (χ2v) is 6.33. The summed E-state index contributed by atoms with van der Waals surface area (Å²) in [5.41, 5.74) is 0.289. The van der Waals surface area contributed by atoms with Crippen LogP contribution in [0.5, 0.6) is 0 Å². The quantitative estimate of drug-likeness (QED) is 0.344. The second-order valence-electron chi connectivity index (χ2n) is 6.33. The number of esters is 1. The van der Waals surface area contributed by atoms with Crippen LogP contribution in [0.2, 0.25) is 0 Å². The fourth-order valence-corrected chi connectivity index (χ4v) is 2.51. The van der Waals surface area contributed by atoms with Crippen LogP contribution in [0.3, 0.4) is 0 Å². The molecule has 3 rings (SSSR count). The number of nitrogens with one attached hydrogen (secondary N) is 1. The van der Waals surface area contributed by atoms with Gasteiger partial charge in [-0.2, -0.15) is 0 Å². The molecule has 0 aromatic heterocycles. The van der Waals surface area contributed by atoms with Crippen LogP contribution in [0.15, 0.2) is 42.5 Å². The first-order valence-electron chi connectivity index (χ1n) is 8.41. The summed E-state index contributed by atoms with van der Waals surface area (Å²) in [6.45, 7) is 1.39. The normalized spacial score (nSPS) is 14.3. The van der Waals surface area contributed by atoms with Crippen molar-refractivity contribution in [3.63, 3.8) is 0 Å². The standard InChI is InChI=1S/C19H17FN2O5/c1-11(18(23)12-2-5-14(20)6-3-12)27-19(24)13-4-9-16(21-15-7-8-15)17(10-13)22(25)26/h2-6,9-11,15,21H,7-8H2,1H3/t11-/m0/s1.